The third-order valence-corrected chi connectivity index (χ3v) is 5.53. The van der Waals surface area contributed by atoms with Crippen molar-refractivity contribution in [3.05, 3.63) is 54.1 Å². The largest absolute Gasteiger partial charge is 0.495 e. The topological polar surface area (TPSA) is 67.4 Å². The minimum atomic E-state index is -0.199. The van der Waals surface area contributed by atoms with E-state index in [-0.39, 0.29) is 23.0 Å². The molecule has 2 N–H and O–H groups in total. The van der Waals surface area contributed by atoms with Gasteiger partial charge in [0.1, 0.15) is 5.75 Å². The van der Waals surface area contributed by atoms with E-state index in [1.165, 1.54) is 19.6 Å². The molecule has 0 aliphatic heterocycles. The summed E-state index contributed by atoms with van der Waals surface area (Å²) in [5, 5.41) is 5.49. The van der Waals surface area contributed by atoms with Crippen molar-refractivity contribution in [2.45, 2.75) is 31.8 Å². The van der Waals surface area contributed by atoms with Gasteiger partial charge in [-0.15, -0.1) is 11.8 Å². The predicted molar refractivity (Wildman–Crippen MR) is 112 cm³/mol. The van der Waals surface area contributed by atoms with E-state index in [0.29, 0.717) is 17.1 Å². The van der Waals surface area contributed by atoms with Gasteiger partial charge in [0.05, 0.1) is 18.0 Å². The molecular weight excluding hydrogens is 360 g/mol. The maximum absolute atomic E-state index is 12.8. The molecule has 0 fully saturated rings. The molecule has 0 spiro atoms. The van der Waals surface area contributed by atoms with E-state index in [4.69, 9.17) is 4.74 Å². The van der Waals surface area contributed by atoms with E-state index in [2.05, 4.69) is 22.8 Å². The number of hydrogen-bond acceptors (Lipinski definition) is 4. The second-order valence-corrected chi connectivity index (χ2v) is 7.68. The first-order chi connectivity index (χ1) is 12.9. The Hall–Kier alpha value is -2.47. The van der Waals surface area contributed by atoms with Gasteiger partial charge in [-0.2, -0.15) is 0 Å². The first-order valence-electron chi connectivity index (χ1n) is 8.82. The highest BCUT2D eigenvalue weighted by Crippen LogP contribution is 2.29. The van der Waals surface area contributed by atoms with Gasteiger partial charge < -0.3 is 15.4 Å². The van der Waals surface area contributed by atoms with Gasteiger partial charge in [0.15, 0.2) is 0 Å². The summed E-state index contributed by atoms with van der Waals surface area (Å²) >= 11 is 1.63. The van der Waals surface area contributed by atoms with Crippen molar-refractivity contribution >= 4 is 35.0 Å². The highest BCUT2D eigenvalue weighted by molar-refractivity contribution is 7.99. The van der Waals surface area contributed by atoms with Gasteiger partial charge in [0, 0.05) is 18.4 Å². The summed E-state index contributed by atoms with van der Waals surface area (Å²) in [5.41, 5.74) is 2.34. The molecule has 6 heteroatoms. The van der Waals surface area contributed by atoms with Crippen molar-refractivity contribution in [3.8, 4) is 5.75 Å². The normalized spacial score (nSPS) is 11.7. The fraction of sp³-hybridized carbons (Fsp3) is 0.333. The Labute approximate surface area is 164 Å². The lowest BCUT2D eigenvalue weighted by molar-refractivity contribution is -0.116. The maximum atomic E-state index is 12.8. The molecule has 0 saturated heterocycles. The Morgan fingerprint density at radius 2 is 1.78 bits per heavy atom. The molecular formula is C21H26N2O3S. The minimum absolute atomic E-state index is 0.0510. The predicted octanol–water partition coefficient (Wildman–Crippen LogP) is 4.55. The fourth-order valence-corrected chi connectivity index (χ4v) is 3.78. The lowest BCUT2D eigenvalue weighted by Crippen LogP contribution is -2.29. The summed E-state index contributed by atoms with van der Waals surface area (Å²) in [6.45, 7) is 5.51. The van der Waals surface area contributed by atoms with Crippen LogP contribution in [-0.2, 0) is 15.3 Å². The Balaban J connectivity index is 2.09. The number of ether oxygens (including phenoxy) is 1. The van der Waals surface area contributed by atoms with Crippen molar-refractivity contribution in [1.29, 1.82) is 0 Å². The Morgan fingerprint density at radius 1 is 1.07 bits per heavy atom. The van der Waals surface area contributed by atoms with Crippen molar-refractivity contribution in [1.82, 2.24) is 0 Å². The van der Waals surface area contributed by atoms with E-state index < -0.39 is 0 Å². The number of rotatable bonds is 8. The van der Waals surface area contributed by atoms with Crippen LogP contribution in [0.2, 0.25) is 0 Å². The Morgan fingerprint density at radius 3 is 2.37 bits per heavy atom. The molecule has 1 unspecified atom stereocenters. The number of hydrogen-bond donors (Lipinski definition) is 2. The number of thioether (sulfide) groups is 1. The quantitative estimate of drug-likeness (QED) is 0.698. The number of nitrogens with one attached hydrogen (secondary N) is 2. The minimum Gasteiger partial charge on any atom is -0.495 e. The van der Waals surface area contributed by atoms with Crippen LogP contribution in [0.25, 0.3) is 0 Å². The molecule has 1 atom stereocenters. The van der Waals surface area contributed by atoms with E-state index in [1.54, 1.807) is 30.0 Å². The summed E-state index contributed by atoms with van der Waals surface area (Å²) in [6.07, 6.45) is 0. The van der Waals surface area contributed by atoms with Crippen molar-refractivity contribution in [2.75, 3.05) is 17.7 Å². The monoisotopic (exact) mass is 386 g/mol. The van der Waals surface area contributed by atoms with Gasteiger partial charge >= 0.3 is 0 Å². The highest BCUT2D eigenvalue weighted by atomic mass is 32.2. The molecule has 27 heavy (non-hydrogen) atoms. The Kier molecular flexibility index (Phi) is 7.73. The first-order valence-corrected chi connectivity index (χ1v) is 9.87. The summed E-state index contributed by atoms with van der Waals surface area (Å²) in [4.78, 5) is 24.2. The first kappa shape index (κ1) is 20.8. The summed E-state index contributed by atoms with van der Waals surface area (Å²) in [6, 6.07) is 15.3. The van der Waals surface area contributed by atoms with Crippen LogP contribution >= 0.6 is 11.8 Å². The smallest absolute Gasteiger partial charge is 0.237 e. The van der Waals surface area contributed by atoms with E-state index in [0.717, 1.165) is 5.75 Å². The van der Waals surface area contributed by atoms with Gasteiger partial charge in [-0.25, -0.2) is 0 Å². The van der Waals surface area contributed by atoms with E-state index in [9.17, 15) is 9.59 Å². The second kappa shape index (κ2) is 10.0. The summed E-state index contributed by atoms with van der Waals surface area (Å²) < 4.78 is 5.25. The molecule has 0 bridgehead atoms. The lowest BCUT2D eigenvalue weighted by Gasteiger charge is -2.20. The van der Waals surface area contributed by atoms with E-state index in [1.807, 2.05) is 32.0 Å². The van der Waals surface area contributed by atoms with Crippen LogP contribution in [0.4, 0.5) is 11.4 Å². The molecule has 0 aliphatic carbocycles. The maximum Gasteiger partial charge on any atom is 0.237 e. The molecule has 2 amide bonds. The fourth-order valence-electron chi connectivity index (χ4n) is 2.62. The van der Waals surface area contributed by atoms with Crippen LogP contribution in [0.5, 0.6) is 5.75 Å². The van der Waals surface area contributed by atoms with Gasteiger partial charge in [-0.05, 0) is 29.7 Å². The number of anilines is 2. The highest BCUT2D eigenvalue weighted by Gasteiger charge is 2.23. The van der Waals surface area contributed by atoms with Crippen LogP contribution in [0.15, 0.2) is 48.5 Å². The summed E-state index contributed by atoms with van der Waals surface area (Å²) in [7, 11) is 1.54. The average molecular weight is 387 g/mol. The van der Waals surface area contributed by atoms with Crippen LogP contribution < -0.4 is 15.4 Å². The van der Waals surface area contributed by atoms with Gasteiger partial charge in [-0.1, -0.05) is 44.2 Å². The number of methoxy groups -OCH3 is 1. The number of carbonyl (C=O) groups is 2. The van der Waals surface area contributed by atoms with Crippen LogP contribution in [-0.4, -0.2) is 24.2 Å². The van der Waals surface area contributed by atoms with Crippen LogP contribution in [0, 0.1) is 5.92 Å². The lowest BCUT2D eigenvalue weighted by atomic mass is 10.1. The van der Waals surface area contributed by atoms with Crippen molar-refractivity contribution in [2.24, 2.45) is 5.92 Å². The molecule has 5 nitrogen and oxygen atoms in total. The molecule has 2 aromatic carbocycles. The number of amides is 2. The van der Waals surface area contributed by atoms with Crippen LogP contribution in [0.1, 0.15) is 26.3 Å². The van der Waals surface area contributed by atoms with Crippen molar-refractivity contribution < 1.29 is 14.3 Å². The molecule has 0 saturated carbocycles. The molecule has 2 rings (SSSR count). The zero-order valence-corrected chi connectivity index (χ0v) is 16.9. The zero-order valence-electron chi connectivity index (χ0n) is 16.1. The summed E-state index contributed by atoms with van der Waals surface area (Å²) in [5.74, 6) is 1.26. The second-order valence-electron chi connectivity index (χ2n) is 6.55. The molecule has 2 aromatic rings. The van der Waals surface area contributed by atoms with Crippen molar-refractivity contribution in [3.63, 3.8) is 0 Å². The standard InChI is InChI=1S/C21H26N2O3S/c1-14(2)20(27-13-16-8-6-5-7-9-16)21(25)23-17-10-11-19(26-4)18(12-17)22-15(3)24/h5-12,14,20H,13H2,1-4H3,(H,22,24)(H,23,25). The number of carbonyl (C=O) groups excluding carboxylic acids is 2. The third kappa shape index (κ3) is 6.32. The van der Waals surface area contributed by atoms with Crippen LogP contribution in [0.3, 0.4) is 0 Å². The molecule has 0 aliphatic rings. The SMILES string of the molecule is COc1ccc(NC(=O)C(SCc2ccccc2)C(C)C)cc1NC(C)=O. The molecule has 144 valence electrons. The van der Waals surface area contributed by atoms with Gasteiger partial charge in [-0.3, -0.25) is 9.59 Å². The Bertz CT molecular complexity index is 778. The number of benzene rings is 2. The molecule has 0 heterocycles. The van der Waals surface area contributed by atoms with Gasteiger partial charge in [0.25, 0.3) is 0 Å². The van der Waals surface area contributed by atoms with Gasteiger partial charge in [0.2, 0.25) is 11.8 Å². The molecule has 0 aromatic heterocycles. The average Bonchev–Trinajstić information content (AvgIpc) is 2.62. The van der Waals surface area contributed by atoms with E-state index >= 15 is 0 Å². The third-order valence-electron chi connectivity index (χ3n) is 3.91. The molecule has 0 radical (unpaired) electrons. The zero-order chi connectivity index (χ0) is 19.8.